The lowest BCUT2D eigenvalue weighted by atomic mass is 10.1. The van der Waals surface area contributed by atoms with Crippen LogP contribution in [-0.4, -0.2) is 20.9 Å². The standard InChI is InChI=1S/C22H22F2N2O3/c1-2-6-16-13-18(26(25-16)17-7-4-3-5-8-17)14-29-22-19(23)11-15(12-20(22)24)9-10-21(27)28/h3-5,7-8,11-13H,2,6,9-10,14H2,1H3,(H,27,28). The summed E-state index contributed by atoms with van der Waals surface area (Å²) in [6, 6.07) is 13.5. The number of nitrogens with zero attached hydrogens (tertiary/aromatic N) is 2. The number of carboxylic acid groups (broad SMARTS) is 1. The van der Waals surface area contributed by atoms with Gasteiger partial charge >= 0.3 is 5.97 Å². The fraction of sp³-hybridized carbons (Fsp3) is 0.273. The number of carboxylic acids is 1. The number of hydrogen-bond acceptors (Lipinski definition) is 3. The highest BCUT2D eigenvalue weighted by Gasteiger charge is 2.16. The van der Waals surface area contributed by atoms with Gasteiger partial charge in [0.1, 0.15) is 6.61 Å². The summed E-state index contributed by atoms with van der Waals surface area (Å²) in [6.45, 7) is 1.99. The third kappa shape index (κ3) is 5.19. The predicted molar refractivity (Wildman–Crippen MR) is 104 cm³/mol. The first-order valence-electron chi connectivity index (χ1n) is 9.43. The average Bonchev–Trinajstić information content (AvgIpc) is 3.09. The lowest BCUT2D eigenvalue weighted by Gasteiger charge is -2.11. The molecule has 0 amide bonds. The first-order chi connectivity index (χ1) is 14.0. The van der Waals surface area contributed by atoms with Crippen LogP contribution < -0.4 is 4.74 Å². The molecule has 0 saturated heterocycles. The van der Waals surface area contributed by atoms with Crippen molar-refractivity contribution in [3.05, 3.63) is 77.1 Å². The van der Waals surface area contributed by atoms with Crippen LogP contribution in [0.2, 0.25) is 0 Å². The highest BCUT2D eigenvalue weighted by Crippen LogP contribution is 2.25. The van der Waals surface area contributed by atoms with Crippen LogP contribution in [0.3, 0.4) is 0 Å². The average molecular weight is 400 g/mol. The molecule has 0 bridgehead atoms. The second kappa shape index (κ2) is 9.32. The van der Waals surface area contributed by atoms with Gasteiger partial charge in [-0.1, -0.05) is 31.5 Å². The molecule has 0 aliphatic heterocycles. The Balaban J connectivity index is 1.81. The normalized spacial score (nSPS) is 10.9. The molecule has 0 aliphatic carbocycles. The van der Waals surface area contributed by atoms with Gasteiger partial charge in [-0.15, -0.1) is 0 Å². The first-order valence-corrected chi connectivity index (χ1v) is 9.43. The van der Waals surface area contributed by atoms with Crippen molar-refractivity contribution in [3.63, 3.8) is 0 Å². The van der Waals surface area contributed by atoms with E-state index in [4.69, 9.17) is 9.84 Å². The Morgan fingerprint density at radius 1 is 1.10 bits per heavy atom. The van der Waals surface area contributed by atoms with Crippen molar-refractivity contribution in [2.75, 3.05) is 0 Å². The number of carbonyl (C=O) groups is 1. The molecule has 0 aliphatic rings. The molecule has 0 unspecified atom stereocenters. The van der Waals surface area contributed by atoms with E-state index in [0.717, 1.165) is 36.4 Å². The number of aliphatic carboxylic acids is 1. The zero-order chi connectivity index (χ0) is 20.8. The third-order valence-electron chi connectivity index (χ3n) is 4.39. The zero-order valence-corrected chi connectivity index (χ0v) is 16.1. The Bertz CT molecular complexity index is 964. The number of aryl methyl sites for hydroxylation is 2. The van der Waals surface area contributed by atoms with Crippen LogP contribution in [0.5, 0.6) is 5.75 Å². The molecular formula is C22H22F2N2O3. The summed E-state index contributed by atoms with van der Waals surface area (Å²) in [5, 5.41) is 13.3. The van der Waals surface area contributed by atoms with Gasteiger partial charge in [0, 0.05) is 6.42 Å². The number of ether oxygens (including phenoxy) is 1. The smallest absolute Gasteiger partial charge is 0.303 e. The van der Waals surface area contributed by atoms with E-state index >= 15 is 0 Å². The maximum Gasteiger partial charge on any atom is 0.303 e. The molecule has 29 heavy (non-hydrogen) atoms. The van der Waals surface area contributed by atoms with Crippen LogP contribution in [0.25, 0.3) is 5.69 Å². The van der Waals surface area contributed by atoms with Gasteiger partial charge in [0.15, 0.2) is 17.4 Å². The van der Waals surface area contributed by atoms with Crippen LogP contribution >= 0.6 is 0 Å². The molecule has 1 N–H and O–H groups in total. The van der Waals surface area contributed by atoms with Crippen LogP contribution in [-0.2, 0) is 24.2 Å². The molecule has 2 aromatic carbocycles. The van der Waals surface area contributed by atoms with E-state index < -0.39 is 23.4 Å². The van der Waals surface area contributed by atoms with E-state index in [2.05, 4.69) is 5.10 Å². The molecule has 0 atom stereocenters. The van der Waals surface area contributed by atoms with Crippen molar-refractivity contribution in [2.45, 2.75) is 39.2 Å². The molecule has 1 heterocycles. The molecule has 0 fully saturated rings. The van der Waals surface area contributed by atoms with E-state index in [1.54, 1.807) is 4.68 Å². The van der Waals surface area contributed by atoms with Gasteiger partial charge in [-0.25, -0.2) is 13.5 Å². The minimum absolute atomic E-state index is 0.0462. The van der Waals surface area contributed by atoms with Crippen molar-refractivity contribution in [1.29, 1.82) is 0 Å². The van der Waals surface area contributed by atoms with Gasteiger partial charge in [-0.2, -0.15) is 5.10 Å². The molecule has 0 radical (unpaired) electrons. The van der Waals surface area contributed by atoms with E-state index in [-0.39, 0.29) is 25.0 Å². The molecule has 3 rings (SSSR count). The fourth-order valence-electron chi connectivity index (χ4n) is 3.04. The summed E-state index contributed by atoms with van der Waals surface area (Å²) >= 11 is 0. The van der Waals surface area contributed by atoms with Gasteiger partial charge in [-0.05, 0) is 48.7 Å². The molecule has 3 aromatic rings. The summed E-state index contributed by atoms with van der Waals surface area (Å²) < 4.78 is 35.9. The van der Waals surface area contributed by atoms with Crippen LogP contribution in [0.1, 0.15) is 36.7 Å². The summed E-state index contributed by atoms with van der Waals surface area (Å²) in [6.07, 6.45) is 1.56. The van der Waals surface area contributed by atoms with Crippen molar-refractivity contribution in [3.8, 4) is 11.4 Å². The topological polar surface area (TPSA) is 64.3 Å². The summed E-state index contributed by atoms with van der Waals surface area (Å²) in [5.41, 5.74) is 2.65. The van der Waals surface area contributed by atoms with Gasteiger partial charge in [0.05, 0.1) is 17.1 Å². The Labute approximate surface area is 167 Å². The van der Waals surface area contributed by atoms with Crippen molar-refractivity contribution >= 4 is 5.97 Å². The van der Waals surface area contributed by atoms with E-state index in [9.17, 15) is 13.6 Å². The van der Waals surface area contributed by atoms with Crippen molar-refractivity contribution < 1.29 is 23.4 Å². The second-order valence-electron chi connectivity index (χ2n) is 6.70. The first kappa shape index (κ1) is 20.5. The van der Waals surface area contributed by atoms with E-state index in [0.29, 0.717) is 5.69 Å². The Kier molecular flexibility index (Phi) is 6.59. The number of para-hydroxylation sites is 1. The Morgan fingerprint density at radius 2 is 1.79 bits per heavy atom. The lowest BCUT2D eigenvalue weighted by Crippen LogP contribution is -2.07. The number of rotatable bonds is 9. The quantitative estimate of drug-likeness (QED) is 0.566. The number of hydrogen-bond donors (Lipinski definition) is 1. The molecule has 7 heteroatoms. The predicted octanol–water partition coefficient (Wildman–Crippen LogP) is 4.70. The summed E-state index contributed by atoms with van der Waals surface area (Å²) in [7, 11) is 0. The monoisotopic (exact) mass is 400 g/mol. The zero-order valence-electron chi connectivity index (χ0n) is 16.1. The van der Waals surface area contributed by atoms with Crippen LogP contribution in [0.15, 0.2) is 48.5 Å². The second-order valence-corrected chi connectivity index (χ2v) is 6.70. The largest absolute Gasteiger partial charge is 0.481 e. The van der Waals surface area contributed by atoms with Crippen molar-refractivity contribution in [1.82, 2.24) is 9.78 Å². The minimum Gasteiger partial charge on any atom is -0.481 e. The molecule has 0 spiro atoms. The lowest BCUT2D eigenvalue weighted by molar-refractivity contribution is -0.136. The van der Waals surface area contributed by atoms with Gasteiger partial charge < -0.3 is 9.84 Å². The highest BCUT2D eigenvalue weighted by molar-refractivity contribution is 5.67. The third-order valence-corrected chi connectivity index (χ3v) is 4.39. The maximum atomic E-state index is 14.4. The molecule has 1 aromatic heterocycles. The molecule has 0 saturated carbocycles. The maximum absolute atomic E-state index is 14.4. The number of benzene rings is 2. The molecule has 152 valence electrons. The Morgan fingerprint density at radius 3 is 2.41 bits per heavy atom. The van der Waals surface area contributed by atoms with Gasteiger partial charge in [0.25, 0.3) is 0 Å². The van der Waals surface area contributed by atoms with Crippen molar-refractivity contribution in [2.24, 2.45) is 0 Å². The van der Waals surface area contributed by atoms with Gasteiger partial charge in [0.2, 0.25) is 0 Å². The minimum atomic E-state index is -1.02. The summed E-state index contributed by atoms with van der Waals surface area (Å²) in [5.74, 6) is -3.22. The fourth-order valence-corrected chi connectivity index (χ4v) is 3.04. The Hall–Kier alpha value is -3.22. The molecule has 5 nitrogen and oxygen atoms in total. The van der Waals surface area contributed by atoms with E-state index in [1.165, 1.54) is 0 Å². The van der Waals surface area contributed by atoms with E-state index in [1.807, 2.05) is 43.3 Å². The van der Waals surface area contributed by atoms with Gasteiger partial charge in [-0.3, -0.25) is 4.79 Å². The highest BCUT2D eigenvalue weighted by atomic mass is 19.1. The summed E-state index contributed by atoms with van der Waals surface area (Å²) in [4.78, 5) is 10.6. The van der Waals surface area contributed by atoms with Crippen LogP contribution in [0, 0.1) is 11.6 Å². The number of halogens is 2. The molecular weight excluding hydrogens is 378 g/mol. The van der Waals surface area contributed by atoms with Crippen LogP contribution in [0.4, 0.5) is 8.78 Å². The number of aromatic nitrogens is 2. The SMILES string of the molecule is CCCc1cc(COc2c(F)cc(CCC(=O)O)cc2F)n(-c2ccccc2)n1.